The van der Waals surface area contributed by atoms with Crippen LogP contribution >= 0.6 is 23.4 Å². The van der Waals surface area contributed by atoms with E-state index in [2.05, 4.69) is 37.4 Å². The summed E-state index contributed by atoms with van der Waals surface area (Å²) < 4.78 is 0. The highest BCUT2D eigenvalue weighted by molar-refractivity contribution is 7.99. The normalized spacial score (nSPS) is 10.8. The first-order valence-electron chi connectivity index (χ1n) is 4.46. The lowest BCUT2D eigenvalue weighted by molar-refractivity contribution is 1.43. The van der Waals surface area contributed by atoms with Crippen molar-refractivity contribution in [1.82, 2.24) is 0 Å². The zero-order valence-electron chi connectivity index (χ0n) is 8.09. The zero-order chi connectivity index (χ0) is 9.68. The maximum atomic E-state index is 5.60. The van der Waals surface area contributed by atoms with Gasteiger partial charge in [-0.25, -0.2) is 0 Å². The predicted molar refractivity (Wildman–Crippen MR) is 67.0 cm³/mol. The van der Waals surface area contributed by atoms with Gasteiger partial charge >= 0.3 is 0 Å². The summed E-state index contributed by atoms with van der Waals surface area (Å²) in [7, 11) is -0.610. The monoisotopic (exact) mass is 230 g/mol. The molecule has 1 rings (SSSR count). The Balaban J connectivity index is 2.59. The van der Waals surface area contributed by atoms with Crippen molar-refractivity contribution in [3.05, 3.63) is 29.8 Å². The minimum Gasteiger partial charge on any atom is -0.141 e. The summed E-state index contributed by atoms with van der Waals surface area (Å²) in [6.45, 7) is 4.70. The Morgan fingerprint density at radius 1 is 1.23 bits per heavy atom. The van der Waals surface area contributed by atoms with Gasteiger partial charge in [-0.3, -0.25) is 0 Å². The first kappa shape index (κ1) is 11.2. The lowest BCUT2D eigenvalue weighted by Gasteiger charge is -2.04. The molecule has 0 spiro atoms. The fraction of sp³-hybridized carbons (Fsp3) is 0.400. The van der Waals surface area contributed by atoms with E-state index in [9.17, 15) is 0 Å². The molecule has 0 aromatic heterocycles. The molecule has 0 N–H and O–H groups in total. The molecule has 0 aliphatic rings. The maximum absolute atomic E-state index is 5.60. The fourth-order valence-electron chi connectivity index (χ4n) is 1.16. The molecule has 0 atom stereocenters. The van der Waals surface area contributed by atoms with Gasteiger partial charge in [0.1, 0.15) is 0 Å². The lowest BCUT2D eigenvalue weighted by atomic mass is 10.2. The molecule has 0 fully saturated rings. The number of thioether (sulfide) groups is 1. The van der Waals surface area contributed by atoms with Crippen LogP contribution in [0.3, 0.4) is 0 Å². The van der Waals surface area contributed by atoms with Crippen molar-refractivity contribution in [3.63, 3.8) is 0 Å². The van der Waals surface area contributed by atoms with Gasteiger partial charge in [-0.15, -0.1) is 23.4 Å². The number of rotatable bonds is 4. The number of benzene rings is 1. The van der Waals surface area contributed by atoms with Crippen LogP contribution in [0.25, 0.3) is 0 Å². The van der Waals surface area contributed by atoms with E-state index in [1.807, 2.05) is 0 Å². The minimum atomic E-state index is -0.610. The van der Waals surface area contributed by atoms with Crippen LogP contribution in [0.1, 0.15) is 5.56 Å². The highest BCUT2D eigenvalue weighted by Crippen LogP contribution is 2.11. The number of hydrogen-bond donors (Lipinski definition) is 0. The van der Waals surface area contributed by atoms with Gasteiger partial charge in [-0.2, -0.15) is 0 Å². The van der Waals surface area contributed by atoms with Crippen LogP contribution in [0.5, 0.6) is 0 Å². The number of alkyl halides is 1. The molecule has 72 valence electrons. The topological polar surface area (TPSA) is 0 Å². The second-order valence-corrected chi connectivity index (χ2v) is 7.90. The molecule has 0 nitrogen and oxygen atoms in total. The Hall–Kier alpha value is 0.0769. The summed E-state index contributed by atoms with van der Waals surface area (Å²) in [5.74, 6) is 1.03. The van der Waals surface area contributed by atoms with Crippen LogP contribution in [0.4, 0.5) is 0 Å². The summed E-state index contributed by atoms with van der Waals surface area (Å²) in [4.78, 5) is 0. The summed E-state index contributed by atoms with van der Waals surface area (Å²) in [6.07, 6.45) is 0. The molecule has 0 bridgehead atoms. The van der Waals surface area contributed by atoms with Gasteiger partial charge in [0, 0.05) is 5.75 Å². The van der Waals surface area contributed by atoms with Crippen molar-refractivity contribution in [2.45, 2.75) is 18.8 Å². The number of halogens is 1. The predicted octanol–water partition coefficient (Wildman–Crippen LogP) is 2.81. The van der Waals surface area contributed by atoms with E-state index in [0.717, 1.165) is 5.75 Å². The lowest BCUT2D eigenvalue weighted by Crippen LogP contribution is -2.21. The highest BCUT2D eigenvalue weighted by atomic mass is 35.5. The molecule has 0 heterocycles. The van der Waals surface area contributed by atoms with Gasteiger partial charge in [0.05, 0.1) is 14.0 Å². The largest absolute Gasteiger partial charge is 0.141 e. The molecule has 0 radical (unpaired) electrons. The first-order chi connectivity index (χ1) is 6.24. The summed E-state index contributed by atoms with van der Waals surface area (Å²) in [5, 5.41) is 2.22. The Morgan fingerprint density at radius 3 is 2.31 bits per heavy atom. The molecular weight excluding hydrogens is 216 g/mol. The average molecular weight is 231 g/mol. The summed E-state index contributed by atoms with van der Waals surface area (Å²) in [6, 6.07) is 8.98. The molecule has 0 saturated heterocycles. The van der Waals surface area contributed by atoms with E-state index in [0.29, 0.717) is 5.21 Å². The molecule has 13 heavy (non-hydrogen) atoms. The van der Waals surface area contributed by atoms with Gasteiger partial charge in [-0.1, -0.05) is 42.5 Å². The standard InChI is InChI=1S/C10H15ClSSi/c1-13(2)10-5-3-9(4-6-10)7-12-8-11/h3-6,13H,7-8H2,1-2H3. The van der Waals surface area contributed by atoms with Crippen LogP contribution in [-0.2, 0) is 5.75 Å². The Bertz CT molecular complexity index is 246. The van der Waals surface area contributed by atoms with Gasteiger partial charge in [-0.05, 0) is 5.56 Å². The molecular formula is C10H15ClSSi. The van der Waals surface area contributed by atoms with Crippen molar-refractivity contribution >= 4 is 37.3 Å². The van der Waals surface area contributed by atoms with Gasteiger partial charge in [0.15, 0.2) is 0 Å². The van der Waals surface area contributed by atoms with E-state index in [1.165, 1.54) is 5.56 Å². The Labute approximate surface area is 91.3 Å². The number of hydrogen-bond acceptors (Lipinski definition) is 1. The third kappa shape index (κ3) is 3.75. The minimum absolute atomic E-state index is 0.610. The van der Waals surface area contributed by atoms with E-state index < -0.39 is 8.80 Å². The summed E-state index contributed by atoms with van der Waals surface area (Å²) in [5.41, 5.74) is 1.38. The van der Waals surface area contributed by atoms with E-state index in [4.69, 9.17) is 11.6 Å². The first-order valence-corrected chi connectivity index (χ1v) is 9.04. The van der Waals surface area contributed by atoms with Gasteiger partial charge in [0.25, 0.3) is 0 Å². The van der Waals surface area contributed by atoms with Crippen LogP contribution in [-0.4, -0.2) is 14.0 Å². The highest BCUT2D eigenvalue weighted by Gasteiger charge is 1.99. The zero-order valence-corrected chi connectivity index (χ0v) is 10.8. The van der Waals surface area contributed by atoms with Crippen molar-refractivity contribution in [2.24, 2.45) is 0 Å². The quantitative estimate of drug-likeness (QED) is 0.566. The van der Waals surface area contributed by atoms with Crippen LogP contribution < -0.4 is 5.19 Å². The van der Waals surface area contributed by atoms with Crippen molar-refractivity contribution in [1.29, 1.82) is 0 Å². The maximum Gasteiger partial charge on any atom is 0.0683 e. The smallest absolute Gasteiger partial charge is 0.0683 e. The fourth-order valence-corrected chi connectivity index (χ4v) is 2.85. The summed E-state index contributed by atoms with van der Waals surface area (Å²) >= 11 is 7.36. The van der Waals surface area contributed by atoms with Crippen molar-refractivity contribution < 1.29 is 0 Å². The van der Waals surface area contributed by atoms with Crippen LogP contribution in [0.15, 0.2) is 24.3 Å². The van der Waals surface area contributed by atoms with E-state index in [-0.39, 0.29) is 0 Å². The third-order valence-corrected chi connectivity index (χ3v) is 4.87. The molecule has 0 saturated carbocycles. The van der Waals surface area contributed by atoms with Crippen LogP contribution in [0.2, 0.25) is 13.1 Å². The van der Waals surface area contributed by atoms with Crippen molar-refractivity contribution in [3.8, 4) is 0 Å². The SMILES string of the molecule is C[SiH](C)c1ccc(CSCCl)cc1. The molecule has 0 aliphatic heterocycles. The molecule has 0 amide bonds. The van der Waals surface area contributed by atoms with E-state index in [1.54, 1.807) is 16.9 Å². The van der Waals surface area contributed by atoms with Crippen LogP contribution in [0, 0.1) is 0 Å². The second-order valence-electron chi connectivity index (χ2n) is 3.35. The van der Waals surface area contributed by atoms with Crippen molar-refractivity contribution in [2.75, 3.05) is 5.21 Å². The average Bonchev–Trinajstić information content (AvgIpc) is 2.15. The second kappa shape index (κ2) is 5.73. The van der Waals surface area contributed by atoms with Gasteiger partial charge in [0.2, 0.25) is 0 Å². The third-order valence-electron chi connectivity index (χ3n) is 1.99. The molecule has 0 unspecified atom stereocenters. The van der Waals surface area contributed by atoms with Gasteiger partial charge < -0.3 is 0 Å². The molecule has 1 aromatic rings. The molecule has 3 heteroatoms. The van der Waals surface area contributed by atoms with E-state index >= 15 is 0 Å². The molecule has 0 aliphatic carbocycles. The Kier molecular flexibility index (Phi) is 4.92. The Morgan fingerprint density at radius 2 is 1.85 bits per heavy atom. The molecule has 1 aromatic carbocycles.